The second-order valence-corrected chi connectivity index (χ2v) is 9.44. The highest BCUT2D eigenvalue weighted by Crippen LogP contribution is 2.38. The summed E-state index contributed by atoms with van der Waals surface area (Å²) in [6.45, 7) is 4.60. The lowest BCUT2D eigenvalue weighted by Crippen LogP contribution is -2.33. The highest BCUT2D eigenvalue weighted by molar-refractivity contribution is 6.36. The maximum atomic E-state index is 14.0. The highest BCUT2D eigenvalue weighted by atomic mass is 35.5. The van der Waals surface area contributed by atoms with Gasteiger partial charge in [-0.1, -0.05) is 29.3 Å². The van der Waals surface area contributed by atoms with Gasteiger partial charge in [0.25, 0.3) is 0 Å². The van der Waals surface area contributed by atoms with Gasteiger partial charge in [-0.25, -0.2) is 9.37 Å². The SMILES string of the molecule is CC(=O)N1CCc2[nH]c3ccc(-c4cnc(N)c(O[C@H](C)c5c(Cl)ccc(F)c5Cl)c4)cc3c2C1. The number of pyridine rings is 1. The third-order valence-corrected chi connectivity index (χ3v) is 7.14. The summed E-state index contributed by atoms with van der Waals surface area (Å²) >= 11 is 12.4. The normalized spacial score (nSPS) is 14.1. The van der Waals surface area contributed by atoms with Gasteiger partial charge in [-0.2, -0.15) is 0 Å². The molecule has 180 valence electrons. The van der Waals surface area contributed by atoms with Crippen LogP contribution in [-0.2, 0) is 17.8 Å². The second-order valence-electron chi connectivity index (χ2n) is 8.66. The van der Waals surface area contributed by atoms with Gasteiger partial charge in [0, 0.05) is 70.9 Å². The Balaban J connectivity index is 1.49. The fraction of sp³-hybridized carbons (Fsp3) is 0.231. The van der Waals surface area contributed by atoms with E-state index in [0.29, 0.717) is 29.4 Å². The first kappa shape index (κ1) is 23.5. The fourth-order valence-corrected chi connectivity index (χ4v) is 5.21. The van der Waals surface area contributed by atoms with Gasteiger partial charge < -0.3 is 20.4 Å². The fourth-order valence-electron chi connectivity index (χ4n) is 4.53. The molecule has 3 heterocycles. The number of ether oxygens (including phenoxy) is 1. The van der Waals surface area contributed by atoms with Gasteiger partial charge in [0.05, 0.1) is 5.02 Å². The van der Waals surface area contributed by atoms with E-state index in [9.17, 15) is 9.18 Å². The molecule has 0 fully saturated rings. The van der Waals surface area contributed by atoms with E-state index in [4.69, 9.17) is 33.7 Å². The Morgan fingerprint density at radius 1 is 1.23 bits per heavy atom. The van der Waals surface area contributed by atoms with Crippen LogP contribution in [-0.4, -0.2) is 27.3 Å². The molecule has 35 heavy (non-hydrogen) atoms. The monoisotopic (exact) mass is 512 g/mol. The first-order valence-electron chi connectivity index (χ1n) is 11.2. The van der Waals surface area contributed by atoms with Gasteiger partial charge in [0.1, 0.15) is 11.9 Å². The summed E-state index contributed by atoms with van der Waals surface area (Å²) < 4.78 is 20.0. The van der Waals surface area contributed by atoms with E-state index in [1.807, 2.05) is 17.0 Å². The quantitative estimate of drug-likeness (QED) is 0.314. The van der Waals surface area contributed by atoms with Crippen molar-refractivity contribution < 1.29 is 13.9 Å². The molecular formula is C26H23Cl2FN4O2. The number of nitrogens with two attached hydrogens (primary N) is 1. The van der Waals surface area contributed by atoms with Gasteiger partial charge in [0.2, 0.25) is 5.91 Å². The molecule has 2 aromatic carbocycles. The summed E-state index contributed by atoms with van der Waals surface area (Å²) in [6.07, 6.45) is 1.81. The number of nitrogen functional groups attached to an aromatic ring is 1. The minimum absolute atomic E-state index is 0.0679. The molecule has 6 nitrogen and oxygen atoms in total. The number of hydrogen-bond acceptors (Lipinski definition) is 4. The van der Waals surface area contributed by atoms with Crippen LogP contribution >= 0.6 is 23.2 Å². The number of benzene rings is 2. The Bertz CT molecular complexity index is 1470. The zero-order valence-corrected chi connectivity index (χ0v) is 20.7. The van der Waals surface area contributed by atoms with E-state index < -0.39 is 11.9 Å². The van der Waals surface area contributed by atoms with Gasteiger partial charge in [-0.05, 0) is 42.8 Å². The van der Waals surface area contributed by atoms with Crippen LogP contribution in [0, 0.1) is 5.82 Å². The van der Waals surface area contributed by atoms with Gasteiger partial charge in [-0.15, -0.1) is 0 Å². The van der Waals surface area contributed by atoms with Gasteiger partial charge >= 0.3 is 0 Å². The summed E-state index contributed by atoms with van der Waals surface area (Å²) in [6, 6.07) is 10.5. The lowest BCUT2D eigenvalue weighted by Gasteiger charge is -2.26. The Hall–Kier alpha value is -3.29. The molecule has 5 rings (SSSR count). The summed E-state index contributed by atoms with van der Waals surface area (Å²) in [5.41, 5.74) is 11.5. The zero-order valence-electron chi connectivity index (χ0n) is 19.2. The van der Waals surface area contributed by atoms with Crippen LogP contribution in [0.1, 0.15) is 36.8 Å². The lowest BCUT2D eigenvalue weighted by molar-refractivity contribution is -0.129. The molecule has 9 heteroatoms. The Labute approximate surface area is 211 Å². The van der Waals surface area contributed by atoms with Crippen molar-refractivity contribution >= 4 is 45.8 Å². The maximum Gasteiger partial charge on any atom is 0.219 e. The number of halogens is 3. The van der Waals surface area contributed by atoms with E-state index in [1.54, 1.807) is 26.1 Å². The van der Waals surface area contributed by atoms with Crippen LogP contribution in [0.3, 0.4) is 0 Å². The number of nitrogens with one attached hydrogen (secondary N) is 1. The Morgan fingerprint density at radius 3 is 2.80 bits per heavy atom. The molecule has 0 spiro atoms. The van der Waals surface area contributed by atoms with Gasteiger partial charge in [-0.3, -0.25) is 4.79 Å². The summed E-state index contributed by atoms with van der Waals surface area (Å²) in [5.74, 6) is 0.0259. The predicted octanol–water partition coefficient (Wildman–Crippen LogP) is 6.30. The number of H-pyrrole nitrogens is 1. The van der Waals surface area contributed by atoms with E-state index in [-0.39, 0.29) is 16.7 Å². The molecule has 3 N–H and O–H groups in total. The number of aromatic amines is 1. The predicted molar refractivity (Wildman–Crippen MR) is 136 cm³/mol. The standard InChI is InChI=1S/C26H23Cl2FN4O2/c1-13(24-19(27)4-5-20(29)25(24)28)35-23-10-16(11-31-26(23)30)15-3-6-21-17(9-15)18-12-33(14(2)34)8-7-22(18)32-21/h3-6,9-11,13,32H,7-8,12H2,1-2H3,(H2,30,31)/t13-/m1/s1. The molecule has 1 aliphatic rings. The number of anilines is 1. The molecule has 0 aliphatic carbocycles. The van der Waals surface area contributed by atoms with Crippen LogP contribution in [0.5, 0.6) is 5.75 Å². The highest BCUT2D eigenvalue weighted by Gasteiger charge is 2.23. The summed E-state index contributed by atoms with van der Waals surface area (Å²) in [7, 11) is 0. The number of rotatable bonds is 4. The number of carbonyl (C=O) groups excluding carboxylic acids is 1. The van der Waals surface area contributed by atoms with Crippen molar-refractivity contribution in [3.8, 4) is 16.9 Å². The minimum Gasteiger partial charge on any atom is -0.482 e. The molecule has 1 atom stereocenters. The number of hydrogen-bond donors (Lipinski definition) is 2. The zero-order chi connectivity index (χ0) is 24.9. The van der Waals surface area contributed by atoms with Crippen molar-refractivity contribution in [2.45, 2.75) is 32.9 Å². The van der Waals surface area contributed by atoms with E-state index in [1.165, 1.54) is 12.1 Å². The summed E-state index contributed by atoms with van der Waals surface area (Å²) in [5, 5.41) is 1.28. The third-order valence-electron chi connectivity index (χ3n) is 6.43. The number of aromatic nitrogens is 2. The largest absolute Gasteiger partial charge is 0.482 e. The minimum atomic E-state index is -0.665. The van der Waals surface area contributed by atoms with Crippen LogP contribution in [0.4, 0.5) is 10.2 Å². The molecule has 0 radical (unpaired) electrons. The first-order chi connectivity index (χ1) is 16.7. The van der Waals surface area contributed by atoms with Crippen molar-refractivity contribution in [1.82, 2.24) is 14.9 Å². The molecule has 2 aromatic heterocycles. The average Bonchev–Trinajstić information content (AvgIpc) is 3.20. The van der Waals surface area contributed by atoms with E-state index in [2.05, 4.69) is 16.0 Å². The first-order valence-corrected chi connectivity index (χ1v) is 11.9. The molecule has 0 saturated heterocycles. The van der Waals surface area contributed by atoms with Crippen molar-refractivity contribution in [3.05, 3.63) is 75.3 Å². The van der Waals surface area contributed by atoms with Crippen molar-refractivity contribution in [1.29, 1.82) is 0 Å². The molecule has 0 bridgehead atoms. The lowest BCUT2D eigenvalue weighted by atomic mass is 10.0. The number of amides is 1. The second kappa shape index (κ2) is 9.06. The van der Waals surface area contributed by atoms with E-state index in [0.717, 1.165) is 39.7 Å². The molecular weight excluding hydrogens is 490 g/mol. The van der Waals surface area contributed by atoms with E-state index >= 15 is 0 Å². The molecule has 0 saturated carbocycles. The molecule has 0 unspecified atom stereocenters. The number of carbonyl (C=O) groups is 1. The van der Waals surface area contributed by atoms with Crippen LogP contribution in [0.25, 0.3) is 22.0 Å². The maximum absolute atomic E-state index is 14.0. The van der Waals surface area contributed by atoms with Crippen LogP contribution in [0.2, 0.25) is 10.0 Å². The van der Waals surface area contributed by atoms with Gasteiger partial charge in [0.15, 0.2) is 11.6 Å². The Morgan fingerprint density at radius 2 is 2.03 bits per heavy atom. The topological polar surface area (TPSA) is 84.2 Å². The van der Waals surface area contributed by atoms with Crippen LogP contribution in [0.15, 0.2) is 42.6 Å². The third kappa shape index (κ3) is 4.30. The number of fused-ring (bicyclic) bond motifs is 3. The van der Waals surface area contributed by atoms with Crippen LogP contribution < -0.4 is 10.5 Å². The molecule has 1 amide bonds. The molecule has 4 aromatic rings. The smallest absolute Gasteiger partial charge is 0.219 e. The Kier molecular flexibility index (Phi) is 6.07. The van der Waals surface area contributed by atoms with Crippen molar-refractivity contribution in [2.75, 3.05) is 12.3 Å². The summed E-state index contributed by atoms with van der Waals surface area (Å²) in [4.78, 5) is 21.6. The van der Waals surface area contributed by atoms with Crippen molar-refractivity contribution in [2.24, 2.45) is 0 Å². The average molecular weight is 513 g/mol. The van der Waals surface area contributed by atoms with Crippen molar-refractivity contribution in [3.63, 3.8) is 0 Å². The number of nitrogens with zero attached hydrogens (tertiary/aromatic N) is 2. The molecule has 1 aliphatic heterocycles.